The topological polar surface area (TPSA) is 105 Å². The molecule has 1 unspecified atom stereocenters. The standard InChI is InChI=1S/C18H32N2O6/c1-17(2,3)25-15(23)19-13(11-14(21)22)12-7-9-20(10-8-12)16(24)26-18(4,5)6/h12-13H,7-11H2,1-6H3,(H,19,23)(H,21,22). The van der Waals surface area contributed by atoms with Gasteiger partial charge in [-0.1, -0.05) is 0 Å². The second-order valence-corrected chi connectivity index (χ2v) is 8.66. The van der Waals surface area contributed by atoms with E-state index in [-0.39, 0.29) is 18.4 Å². The number of alkyl carbamates (subject to hydrolysis) is 1. The number of hydrogen-bond acceptors (Lipinski definition) is 5. The summed E-state index contributed by atoms with van der Waals surface area (Å²) >= 11 is 0. The van der Waals surface area contributed by atoms with Gasteiger partial charge in [0.25, 0.3) is 0 Å². The number of carboxylic acids is 1. The van der Waals surface area contributed by atoms with Gasteiger partial charge in [0.15, 0.2) is 0 Å². The van der Waals surface area contributed by atoms with E-state index in [1.165, 1.54) is 0 Å². The number of amides is 2. The molecule has 1 atom stereocenters. The zero-order valence-corrected chi connectivity index (χ0v) is 16.6. The zero-order valence-electron chi connectivity index (χ0n) is 16.6. The van der Waals surface area contributed by atoms with E-state index in [1.54, 1.807) is 25.7 Å². The molecular formula is C18H32N2O6. The third-order valence-electron chi connectivity index (χ3n) is 3.86. The first-order valence-corrected chi connectivity index (χ1v) is 8.96. The van der Waals surface area contributed by atoms with Gasteiger partial charge in [-0.2, -0.15) is 0 Å². The van der Waals surface area contributed by atoms with Crippen LogP contribution in [0.4, 0.5) is 9.59 Å². The lowest BCUT2D eigenvalue weighted by atomic mass is 9.87. The van der Waals surface area contributed by atoms with Gasteiger partial charge in [-0.05, 0) is 60.3 Å². The minimum atomic E-state index is -0.986. The number of hydrogen-bond donors (Lipinski definition) is 2. The van der Waals surface area contributed by atoms with Crippen molar-refractivity contribution in [3.05, 3.63) is 0 Å². The molecule has 2 N–H and O–H groups in total. The summed E-state index contributed by atoms with van der Waals surface area (Å²) in [7, 11) is 0. The summed E-state index contributed by atoms with van der Waals surface area (Å²) in [5, 5.41) is 11.8. The number of carbonyl (C=O) groups excluding carboxylic acids is 2. The lowest BCUT2D eigenvalue weighted by Crippen LogP contribution is -2.49. The molecule has 1 heterocycles. The van der Waals surface area contributed by atoms with E-state index in [1.807, 2.05) is 20.8 Å². The van der Waals surface area contributed by atoms with E-state index in [9.17, 15) is 14.4 Å². The summed E-state index contributed by atoms with van der Waals surface area (Å²) in [4.78, 5) is 36.9. The number of piperidine rings is 1. The predicted octanol–water partition coefficient (Wildman–Crippen LogP) is 3.00. The molecule has 1 fully saturated rings. The number of nitrogens with one attached hydrogen (secondary N) is 1. The summed E-state index contributed by atoms with van der Waals surface area (Å²) in [6.45, 7) is 11.6. The van der Waals surface area contributed by atoms with Crippen LogP contribution in [0.2, 0.25) is 0 Å². The fourth-order valence-electron chi connectivity index (χ4n) is 2.79. The van der Waals surface area contributed by atoms with Crippen molar-refractivity contribution in [3.8, 4) is 0 Å². The van der Waals surface area contributed by atoms with E-state index in [0.29, 0.717) is 25.9 Å². The normalized spacial score (nSPS) is 17.4. The second-order valence-electron chi connectivity index (χ2n) is 8.66. The Bertz CT molecular complexity index is 513. The summed E-state index contributed by atoms with van der Waals surface area (Å²) in [5.74, 6) is -1.03. The minimum Gasteiger partial charge on any atom is -0.481 e. The van der Waals surface area contributed by atoms with E-state index >= 15 is 0 Å². The van der Waals surface area contributed by atoms with Crippen molar-refractivity contribution in [2.45, 2.75) is 78.0 Å². The van der Waals surface area contributed by atoms with Crippen LogP contribution in [0.25, 0.3) is 0 Å². The molecule has 1 aliphatic rings. The van der Waals surface area contributed by atoms with Crippen LogP contribution in [0.1, 0.15) is 60.8 Å². The predicted molar refractivity (Wildman–Crippen MR) is 95.9 cm³/mol. The van der Waals surface area contributed by atoms with Gasteiger partial charge in [0, 0.05) is 19.1 Å². The molecule has 8 nitrogen and oxygen atoms in total. The Kier molecular flexibility index (Phi) is 7.29. The Hall–Kier alpha value is -1.99. The van der Waals surface area contributed by atoms with Gasteiger partial charge in [0.2, 0.25) is 0 Å². The lowest BCUT2D eigenvalue weighted by molar-refractivity contribution is -0.138. The Morgan fingerprint density at radius 1 is 1.04 bits per heavy atom. The Morgan fingerprint density at radius 3 is 1.96 bits per heavy atom. The molecular weight excluding hydrogens is 340 g/mol. The van der Waals surface area contributed by atoms with Crippen LogP contribution in [-0.2, 0) is 14.3 Å². The molecule has 1 rings (SSSR count). The van der Waals surface area contributed by atoms with Crippen LogP contribution in [0.15, 0.2) is 0 Å². The maximum atomic E-state index is 12.1. The molecule has 0 radical (unpaired) electrons. The van der Waals surface area contributed by atoms with Crippen molar-refractivity contribution in [1.82, 2.24) is 10.2 Å². The number of carboxylic acid groups (broad SMARTS) is 1. The number of rotatable bonds is 4. The third-order valence-corrected chi connectivity index (χ3v) is 3.86. The third kappa shape index (κ3) is 8.40. The van der Waals surface area contributed by atoms with Crippen LogP contribution < -0.4 is 5.32 Å². The molecule has 26 heavy (non-hydrogen) atoms. The fourth-order valence-corrected chi connectivity index (χ4v) is 2.79. The van der Waals surface area contributed by atoms with Crippen LogP contribution in [0.3, 0.4) is 0 Å². The van der Waals surface area contributed by atoms with Crippen LogP contribution >= 0.6 is 0 Å². The Morgan fingerprint density at radius 2 is 1.54 bits per heavy atom. The smallest absolute Gasteiger partial charge is 0.410 e. The molecule has 0 aliphatic carbocycles. The molecule has 0 spiro atoms. The minimum absolute atomic E-state index is 0.0442. The van der Waals surface area contributed by atoms with Gasteiger partial charge in [-0.25, -0.2) is 9.59 Å². The van der Waals surface area contributed by atoms with Crippen molar-refractivity contribution in [2.24, 2.45) is 5.92 Å². The van der Waals surface area contributed by atoms with E-state index in [2.05, 4.69) is 5.32 Å². The summed E-state index contributed by atoms with van der Waals surface area (Å²) < 4.78 is 10.6. The lowest BCUT2D eigenvalue weighted by Gasteiger charge is -2.36. The van der Waals surface area contributed by atoms with Crippen LogP contribution in [0, 0.1) is 5.92 Å². The molecule has 8 heteroatoms. The molecule has 1 aliphatic heterocycles. The van der Waals surface area contributed by atoms with Crippen molar-refractivity contribution < 1.29 is 29.0 Å². The fraction of sp³-hybridized carbons (Fsp3) is 0.833. The highest BCUT2D eigenvalue weighted by Gasteiger charge is 2.33. The van der Waals surface area contributed by atoms with Gasteiger partial charge in [-0.3, -0.25) is 4.79 Å². The first-order chi connectivity index (χ1) is 11.8. The van der Waals surface area contributed by atoms with Crippen molar-refractivity contribution in [1.29, 1.82) is 0 Å². The Balaban J connectivity index is 2.64. The SMILES string of the molecule is CC(C)(C)OC(=O)NC(CC(=O)O)C1CCN(C(=O)OC(C)(C)C)CC1. The number of ether oxygens (including phenoxy) is 2. The molecule has 0 saturated carbocycles. The quantitative estimate of drug-likeness (QED) is 0.786. The first-order valence-electron chi connectivity index (χ1n) is 8.96. The van der Waals surface area contributed by atoms with Crippen molar-refractivity contribution in [2.75, 3.05) is 13.1 Å². The first kappa shape index (κ1) is 22.1. The maximum Gasteiger partial charge on any atom is 0.410 e. The molecule has 0 aromatic carbocycles. The van der Waals surface area contributed by atoms with Gasteiger partial charge < -0.3 is 24.8 Å². The van der Waals surface area contributed by atoms with Crippen molar-refractivity contribution >= 4 is 18.2 Å². The second kappa shape index (κ2) is 8.60. The molecule has 2 amide bonds. The van der Waals surface area contributed by atoms with E-state index in [0.717, 1.165) is 0 Å². The summed E-state index contributed by atoms with van der Waals surface area (Å²) in [6, 6.07) is -0.539. The molecule has 1 saturated heterocycles. The molecule has 0 aromatic rings. The molecule has 150 valence electrons. The van der Waals surface area contributed by atoms with Gasteiger partial charge in [0.05, 0.1) is 6.42 Å². The number of nitrogens with zero attached hydrogens (tertiary/aromatic N) is 1. The number of carbonyl (C=O) groups is 3. The van der Waals surface area contributed by atoms with Crippen LogP contribution in [0.5, 0.6) is 0 Å². The average molecular weight is 372 g/mol. The largest absolute Gasteiger partial charge is 0.481 e. The van der Waals surface area contributed by atoms with Gasteiger partial charge in [-0.15, -0.1) is 0 Å². The zero-order chi connectivity index (χ0) is 20.1. The maximum absolute atomic E-state index is 12.1. The summed E-state index contributed by atoms with van der Waals surface area (Å²) in [5.41, 5.74) is -1.21. The average Bonchev–Trinajstić information content (AvgIpc) is 2.42. The highest BCUT2D eigenvalue weighted by atomic mass is 16.6. The van der Waals surface area contributed by atoms with E-state index < -0.39 is 29.3 Å². The van der Waals surface area contributed by atoms with E-state index in [4.69, 9.17) is 14.6 Å². The number of likely N-dealkylation sites (tertiary alicyclic amines) is 1. The van der Waals surface area contributed by atoms with Crippen LogP contribution in [-0.4, -0.2) is 58.5 Å². The Labute approximate surface area is 155 Å². The highest BCUT2D eigenvalue weighted by Crippen LogP contribution is 2.24. The van der Waals surface area contributed by atoms with Crippen molar-refractivity contribution in [3.63, 3.8) is 0 Å². The number of aliphatic carboxylic acids is 1. The molecule has 0 aromatic heterocycles. The molecule has 0 bridgehead atoms. The van der Waals surface area contributed by atoms with Gasteiger partial charge in [0.1, 0.15) is 11.2 Å². The monoisotopic (exact) mass is 372 g/mol. The van der Waals surface area contributed by atoms with Gasteiger partial charge >= 0.3 is 18.2 Å². The highest BCUT2D eigenvalue weighted by molar-refractivity contribution is 5.72. The summed E-state index contributed by atoms with van der Waals surface area (Å²) in [6.07, 6.45) is 0.000201.